The second-order valence-corrected chi connectivity index (χ2v) is 21.8. The maximum Gasteiger partial charge on any atom is 0.258 e. The normalized spacial score (nSPS) is 14.1. The zero-order chi connectivity index (χ0) is 25.9. The third-order valence-corrected chi connectivity index (χ3v) is 19.4. The molecule has 2 nitrogen and oxygen atoms in total. The van der Waals surface area contributed by atoms with E-state index < -0.39 is 16.6 Å². The van der Waals surface area contributed by atoms with Crippen LogP contribution in [-0.4, -0.2) is 16.6 Å². The van der Waals surface area contributed by atoms with Gasteiger partial charge in [-0.3, -0.25) is 0 Å². The molecule has 4 heteroatoms. The quantitative estimate of drug-likeness (QED) is 0.202. The van der Waals surface area contributed by atoms with Crippen LogP contribution in [0.1, 0.15) is 124 Å². The van der Waals surface area contributed by atoms with Crippen molar-refractivity contribution in [2.75, 3.05) is 0 Å². The summed E-state index contributed by atoms with van der Waals surface area (Å²) < 4.78 is 13.0. The molecular formula is C28H60O2Si2. The van der Waals surface area contributed by atoms with Gasteiger partial charge < -0.3 is 8.85 Å². The number of hydrogen-bond acceptors (Lipinski definition) is 2. The molecule has 0 unspecified atom stereocenters. The zero-order valence-electron chi connectivity index (χ0n) is 24.8. The van der Waals surface area contributed by atoms with E-state index in [0.717, 1.165) is 12.8 Å². The molecule has 0 atom stereocenters. The monoisotopic (exact) mass is 484 g/mol. The fourth-order valence-electron chi connectivity index (χ4n) is 5.83. The molecule has 0 aliphatic heterocycles. The summed E-state index contributed by atoms with van der Waals surface area (Å²) in [6.07, 6.45) is 6.29. The van der Waals surface area contributed by atoms with Gasteiger partial charge in [-0.2, -0.15) is 0 Å². The molecule has 0 spiro atoms. The van der Waals surface area contributed by atoms with Crippen LogP contribution in [0, 0.1) is 0 Å². The summed E-state index contributed by atoms with van der Waals surface area (Å²) in [5.41, 5.74) is 3.97. The third-order valence-electron chi connectivity index (χ3n) is 7.37. The van der Waals surface area contributed by atoms with Crippen LogP contribution in [0.3, 0.4) is 0 Å². The van der Waals surface area contributed by atoms with Gasteiger partial charge in [-0.05, 0) is 47.1 Å². The molecule has 0 radical (unpaired) electrons. The summed E-state index contributed by atoms with van der Waals surface area (Å²) in [6.45, 7) is 36.5. The predicted octanol–water partition coefficient (Wildman–Crippen LogP) is 11.0. The Bertz CT molecular complexity index is 464. The molecule has 0 aromatic rings. The molecular weight excluding hydrogens is 424 g/mol. The van der Waals surface area contributed by atoms with Crippen LogP contribution in [0.5, 0.6) is 0 Å². The molecule has 0 aromatic heterocycles. The Labute approximate surface area is 205 Å². The topological polar surface area (TPSA) is 18.5 Å². The van der Waals surface area contributed by atoms with E-state index in [-0.39, 0.29) is 0 Å². The molecule has 0 N–H and O–H groups in total. The standard InChI is InChI=1S/2C14H30OSi/c2*1-9-14(10-2)15-16(11(3)4,12(5)6)13(7)8/h2*9,11-13H,10H2,1-8H3/b14-9+;14-9-. The number of rotatable bonds is 12. The molecule has 0 bridgehead atoms. The summed E-state index contributed by atoms with van der Waals surface area (Å²) in [5.74, 6) is 2.37. The van der Waals surface area contributed by atoms with Gasteiger partial charge >= 0.3 is 0 Å². The van der Waals surface area contributed by atoms with Crippen molar-refractivity contribution in [3.63, 3.8) is 0 Å². The van der Waals surface area contributed by atoms with Crippen LogP contribution in [0.4, 0.5) is 0 Å². The Morgan fingerprint density at radius 2 is 0.688 bits per heavy atom. The molecule has 0 aliphatic carbocycles. The van der Waals surface area contributed by atoms with Gasteiger partial charge in [-0.1, -0.05) is 109 Å². The number of hydrogen-bond donors (Lipinski definition) is 0. The van der Waals surface area contributed by atoms with Crippen LogP contribution >= 0.6 is 0 Å². The highest BCUT2D eigenvalue weighted by Gasteiger charge is 2.48. The molecule has 32 heavy (non-hydrogen) atoms. The number of allylic oxidation sites excluding steroid dienone is 4. The first-order valence-corrected chi connectivity index (χ1v) is 17.6. The highest BCUT2D eigenvalue weighted by molar-refractivity contribution is 6.78. The van der Waals surface area contributed by atoms with E-state index in [9.17, 15) is 0 Å². The second kappa shape index (κ2) is 15.4. The largest absolute Gasteiger partial charge is 0.546 e. The van der Waals surface area contributed by atoms with Gasteiger partial charge in [0.05, 0.1) is 11.5 Å². The fourth-order valence-corrected chi connectivity index (χ4v) is 16.7. The molecule has 0 saturated heterocycles. The van der Waals surface area contributed by atoms with Crippen molar-refractivity contribution >= 4 is 16.6 Å². The zero-order valence-corrected chi connectivity index (χ0v) is 26.8. The molecule has 0 aromatic carbocycles. The summed E-state index contributed by atoms with van der Waals surface area (Å²) in [7, 11) is -3.40. The van der Waals surface area contributed by atoms with E-state index >= 15 is 0 Å². The smallest absolute Gasteiger partial charge is 0.258 e. The van der Waals surface area contributed by atoms with E-state index in [2.05, 4.69) is 123 Å². The van der Waals surface area contributed by atoms with E-state index in [1.807, 2.05) is 0 Å². The van der Waals surface area contributed by atoms with Gasteiger partial charge in [0, 0.05) is 12.8 Å². The Balaban J connectivity index is 0. The molecule has 0 aliphatic rings. The van der Waals surface area contributed by atoms with Gasteiger partial charge in [-0.25, -0.2) is 0 Å². The maximum atomic E-state index is 6.52. The fraction of sp³-hybridized carbons (Fsp3) is 0.857. The minimum Gasteiger partial charge on any atom is -0.546 e. The maximum absolute atomic E-state index is 6.52. The molecule has 0 saturated carbocycles. The van der Waals surface area contributed by atoms with Crippen molar-refractivity contribution in [1.29, 1.82) is 0 Å². The molecule has 192 valence electrons. The van der Waals surface area contributed by atoms with Gasteiger partial charge in [0.25, 0.3) is 16.6 Å². The first-order valence-electron chi connectivity index (χ1n) is 13.3. The van der Waals surface area contributed by atoms with Crippen molar-refractivity contribution in [2.24, 2.45) is 0 Å². The minimum absolute atomic E-state index is 0.661. The van der Waals surface area contributed by atoms with Crippen LogP contribution in [0.25, 0.3) is 0 Å². The Morgan fingerprint density at radius 3 is 0.781 bits per heavy atom. The average molecular weight is 485 g/mol. The van der Waals surface area contributed by atoms with Crippen molar-refractivity contribution in [2.45, 2.75) is 157 Å². The highest BCUT2D eigenvalue weighted by Crippen LogP contribution is 2.44. The molecule has 0 fully saturated rings. The second-order valence-electron chi connectivity index (χ2n) is 11.1. The summed E-state index contributed by atoms with van der Waals surface area (Å²) in [5, 5.41) is 0. The Hall–Kier alpha value is -0.486. The SMILES string of the molecule is C/C=C(/CC)O[Si](C(C)C)(C(C)C)C(C)C.C/C=C(\CC)O[Si](C(C)C)(C(C)C)C(C)C. The molecule has 0 amide bonds. The van der Waals surface area contributed by atoms with Gasteiger partial charge in [0.15, 0.2) is 0 Å². The van der Waals surface area contributed by atoms with Gasteiger partial charge in [0.1, 0.15) is 0 Å². The first-order chi connectivity index (χ1) is 14.6. The van der Waals surface area contributed by atoms with Crippen molar-refractivity contribution in [3.05, 3.63) is 23.7 Å². The minimum atomic E-state index is -1.70. The van der Waals surface area contributed by atoms with Crippen molar-refractivity contribution < 1.29 is 8.85 Å². The average Bonchev–Trinajstić information content (AvgIpc) is 2.68. The van der Waals surface area contributed by atoms with Crippen LogP contribution in [0.15, 0.2) is 23.7 Å². The Kier molecular flexibility index (Phi) is 16.2. The lowest BCUT2D eigenvalue weighted by atomic mass is 10.4. The van der Waals surface area contributed by atoms with Crippen molar-refractivity contribution in [3.8, 4) is 0 Å². The van der Waals surface area contributed by atoms with Gasteiger partial charge in [-0.15, -0.1) is 0 Å². The lowest BCUT2D eigenvalue weighted by Crippen LogP contribution is -2.47. The van der Waals surface area contributed by atoms with E-state index in [0.29, 0.717) is 33.2 Å². The highest BCUT2D eigenvalue weighted by atomic mass is 28.4. The lowest BCUT2D eigenvalue weighted by Gasteiger charge is -2.42. The molecule has 0 rings (SSSR count). The summed E-state index contributed by atoms with van der Waals surface area (Å²) >= 11 is 0. The summed E-state index contributed by atoms with van der Waals surface area (Å²) in [6, 6.07) is 0. The van der Waals surface area contributed by atoms with Gasteiger partial charge in [0.2, 0.25) is 0 Å². The predicted molar refractivity (Wildman–Crippen MR) is 152 cm³/mol. The van der Waals surface area contributed by atoms with Crippen LogP contribution in [-0.2, 0) is 8.85 Å². The molecule has 0 heterocycles. The van der Waals surface area contributed by atoms with E-state index in [1.54, 1.807) is 0 Å². The lowest BCUT2D eigenvalue weighted by molar-refractivity contribution is 0.358. The van der Waals surface area contributed by atoms with Crippen molar-refractivity contribution in [1.82, 2.24) is 0 Å². The third kappa shape index (κ3) is 8.38. The van der Waals surface area contributed by atoms with Crippen LogP contribution < -0.4 is 0 Å². The van der Waals surface area contributed by atoms with E-state index in [1.165, 1.54) is 11.5 Å². The van der Waals surface area contributed by atoms with E-state index in [4.69, 9.17) is 8.85 Å². The Morgan fingerprint density at radius 1 is 0.500 bits per heavy atom. The van der Waals surface area contributed by atoms with Crippen LogP contribution in [0.2, 0.25) is 33.2 Å². The summed E-state index contributed by atoms with van der Waals surface area (Å²) in [4.78, 5) is 0. The first kappa shape index (κ1) is 33.7.